The number of rotatable bonds is 5. The van der Waals surface area contributed by atoms with Crippen molar-refractivity contribution in [1.29, 1.82) is 0 Å². The van der Waals surface area contributed by atoms with Gasteiger partial charge in [0, 0.05) is 37.0 Å². The Morgan fingerprint density at radius 1 is 1.35 bits per heavy atom. The number of nitrogens with zero attached hydrogens (tertiary/aromatic N) is 1. The number of aryl methyl sites for hydroxylation is 1. The number of ketones is 1. The van der Waals surface area contributed by atoms with E-state index in [1.165, 1.54) is 5.69 Å². The summed E-state index contributed by atoms with van der Waals surface area (Å²) in [5, 5.41) is 3.98. The van der Waals surface area contributed by atoms with Crippen molar-refractivity contribution in [2.24, 2.45) is 5.73 Å². The molecule has 5 nitrogen and oxygen atoms in total. The number of hydrogen-bond acceptors (Lipinski definition) is 3. The SMILES string of the molecule is CCn1c2c(c3cccc(C(=O)NCCCN)c31)CC(=O)CC2. The predicted octanol–water partition coefficient (Wildman–Crippen LogP) is 1.80. The number of hydrogen-bond donors (Lipinski definition) is 2. The van der Waals surface area contributed by atoms with Gasteiger partial charge in [0.1, 0.15) is 5.78 Å². The van der Waals surface area contributed by atoms with Crippen LogP contribution in [0.2, 0.25) is 0 Å². The van der Waals surface area contributed by atoms with E-state index >= 15 is 0 Å². The first-order valence-corrected chi connectivity index (χ1v) is 8.30. The van der Waals surface area contributed by atoms with Gasteiger partial charge in [-0.2, -0.15) is 0 Å². The number of para-hydroxylation sites is 1. The standard InChI is InChI=1S/C18H23N3O2/c1-2-21-16-8-7-12(22)11-15(16)13-5-3-6-14(17(13)21)18(23)20-10-4-9-19/h3,5-6H,2,4,7-11,19H2,1H3,(H,20,23). The molecule has 1 aromatic heterocycles. The molecule has 0 unspecified atom stereocenters. The molecule has 1 heterocycles. The molecule has 0 aliphatic heterocycles. The van der Waals surface area contributed by atoms with Crippen molar-refractivity contribution in [3.63, 3.8) is 0 Å². The lowest BCUT2D eigenvalue weighted by atomic mass is 9.94. The van der Waals surface area contributed by atoms with Gasteiger partial charge in [-0.3, -0.25) is 9.59 Å². The molecule has 122 valence electrons. The van der Waals surface area contributed by atoms with E-state index in [0.717, 1.165) is 35.9 Å². The molecule has 0 saturated heterocycles. The summed E-state index contributed by atoms with van der Waals surface area (Å²) in [6, 6.07) is 5.79. The van der Waals surface area contributed by atoms with E-state index < -0.39 is 0 Å². The molecule has 1 aliphatic rings. The molecule has 3 rings (SSSR count). The maximum absolute atomic E-state index is 12.5. The summed E-state index contributed by atoms with van der Waals surface area (Å²) >= 11 is 0. The molecule has 5 heteroatoms. The molecule has 0 saturated carbocycles. The molecule has 0 bridgehead atoms. The van der Waals surface area contributed by atoms with Gasteiger partial charge in [0.15, 0.2) is 0 Å². The van der Waals surface area contributed by atoms with Crippen LogP contribution in [0.3, 0.4) is 0 Å². The molecule has 1 amide bonds. The number of fused-ring (bicyclic) bond motifs is 3. The number of Topliss-reactive ketones (excluding diaryl/α,β-unsaturated/α-hetero) is 1. The number of amides is 1. The minimum Gasteiger partial charge on any atom is -0.352 e. The van der Waals surface area contributed by atoms with E-state index in [2.05, 4.69) is 16.8 Å². The third-order valence-electron chi connectivity index (χ3n) is 4.55. The van der Waals surface area contributed by atoms with Gasteiger partial charge in [-0.05, 0) is 37.9 Å². The van der Waals surface area contributed by atoms with Crippen molar-refractivity contribution in [3.05, 3.63) is 35.0 Å². The fourth-order valence-electron chi connectivity index (χ4n) is 3.49. The van der Waals surface area contributed by atoms with Crippen molar-refractivity contribution in [2.75, 3.05) is 13.1 Å². The first-order valence-electron chi connectivity index (χ1n) is 8.30. The highest BCUT2D eigenvalue weighted by molar-refractivity contribution is 6.08. The molecule has 2 aromatic rings. The van der Waals surface area contributed by atoms with E-state index in [1.54, 1.807) is 0 Å². The van der Waals surface area contributed by atoms with Crippen molar-refractivity contribution < 1.29 is 9.59 Å². The molecule has 0 atom stereocenters. The average molecular weight is 313 g/mol. The number of carbonyl (C=O) groups is 2. The largest absolute Gasteiger partial charge is 0.352 e. The maximum atomic E-state index is 12.5. The second-order valence-corrected chi connectivity index (χ2v) is 5.98. The Labute approximate surface area is 135 Å². The molecule has 0 radical (unpaired) electrons. The molecular weight excluding hydrogens is 290 g/mol. The Bertz CT molecular complexity index is 761. The summed E-state index contributed by atoms with van der Waals surface area (Å²) in [5.74, 6) is 0.213. The third kappa shape index (κ3) is 2.77. The van der Waals surface area contributed by atoms with Crippen molar-refractivity contribution in [1.82, 2.24) is 9.88 Å². The first-order chi connectivity index (χ1) is 11.2. The summed E-state index contributed by atoms with van der Waals surface area (Å²) in [6.07, 6.45) is 2.62. The minimum absolute atomic E-state index is 0.0695. The molecule has 1 aliphatic carbocycles. The maximum Gasteiger partial charge on any atom is 0.253 e. The third-order valence-corrected chi connectivity index (χ3v) is 4.55. The molecule has 1 aromatic carbocycles. The number of benzene rings is 1. The molecular formula is C18H23N3O2. The van der Waals surface area contributed by atoms with E-state index in [1.807, 2.05) is 18.2 Å². The Balaban J connectivity index is 2.10. The predicted molar refractivity (Wildman–Crippen MR) is 90.6 cm³/mol. The summed E-state index contributed by atoms with van der Waals surface area (Å²) in [5.41, 5.74) is 9.44. The lowest BCUT2D eigenvalue weighted by Gasteiger charge is -2.14. The normalized spacial score (nSPS) is 14.1. The van der Waals surface area contributed by atoms with Gasteiger partial charge < -0.3 is 15.6 Å². The average Bonchev–Trinajstić information content (AvgIpc) is 2.88. The van der Waals surface area contributed by atoms with Gasteiger partial charge in [-0.1, -0.05) is 12.1 Å². The lowest BCUT2D eigenvalue weighted by Crippen LogP contribution is -2.26. The fourth-order valence-corrected chi connectivity index (χ4v) is 3.49. The van der Waals surface area contributed by atoms with Crippen LogP contribution in [0, 0.1) is 0 Å². The van der Waals surface area contributed by atoms with E-state index in [0.29, 0.717) is 31.5 Å². The van der Waals surface area contributed by atoms with Crippen LogP contribution in [0.5, 0.6) is 0 Å². The minimum atomic E-state index is -0.0695. The summed E-state index contributed by atoms with van der Waals surface area (Å²) in [6.45, 7) is 4.02. The van der Waals surface area contributed by atoms with E-state index in [-0.39, 0.29) is 11.7 Å². The van der Waals surface area contributed by atoms with Crippen LogP contribution in [0.4, 0.5) is 0 Å². The van der Waals surface area contributed by atoms with E-state index in [9.17, 15) is 9.59 Å². The summed E-state index contributed by atoms with van der Waals surface area (Å²) in [7, 11) is 0. The molecule has 3 N–H and O–H groups in total. The monoisotopic (exact) mass is 313 g/mol. The van der Waals surface area contributed by atoms with E-state index in [4.69, 9.17) is 5.73 Å². The van der Waals surface area contributed by atoms with Gasteiger partial charge >= 0.3 is 0 Å². The number of aromatic nitrogens is 1. The van der Waals surface area contributed by atoms with Gasteiger partial charge in [0.25, 0.3) is 5.91 Å². The van der Waals surface area contributed by atoms with Crippen LogP contribution >= 0.6 is 0 Å². The van der Waals surface area contributed by atoms with Crippen molar-refractivity contribution in [2.45, 2.75) is 39.2 Å². The van der Waals surface area contributed by atoms with Crippen LogP contribution in [0.25, 0.3) is 10.9 Å². The zero-order chi connectivity index (χ0) is 16.4. The first kappa shape index (κ1) is 15.7. The number of nitrogens with two attached hydrogens (primary N) is 1. The quantitative estimate of drug-likeness (QED) is 0.826. The Kier molecular flexibility index (Phi) is 4.48. The van der Waals surface area contributed by atoms with Crippen molar-refractivity contribution in [3.8, 4) is 0 Å². The topological polar surface area (TPSA) is 77.1 Å². The second kappa shape index (κ2) is 6.54. The van der Waals surface area contributed by atoms with Crippen LogP contribution < -0.4 is 11.1 Å². The second-order valence-electron chi connectivity index (χ2n) is 5.98. The van der Waals surface area contributed by atoms with Gasteiger partial charge in [0.2, 0.25) is 0 Å². The van der Waals surface area contributed by atoms with Gasteiger partial charge in [0.05, 0.1) is 11.1 Å². The zero-order valence-corrected chi connectivity index (χ0v) is 13.5. The molecule has 23 heavy (non-hydrogen) atoms. The van der Waals surface area contributed by atoms with Crippen molar-refractivity contribution >= 4 is 22.6 Å². The summed E-state index contributed by atoms with van der Waals surface area (Å²) < 4.78 is 2.20. The Morgan fingerprint density at radius 2 is 2.17 bits per heavy atom. The molecule has 0 spiro atoms. The highest BCUT2D eigenvalue weighted by Gasteiger charge is 2.25. The van der Waals surface area contributed by atoms with Crippen LogP contribution in [0.1, 0.15) is 41.4 Å². The lowest BCUT2D eigenvalue weighted by molar-refractivity contribution is -0.118. The number of nitrogens with one attached hydrogen (secondary N) is 1. The fraction of sp³-hybridized carbons (Fsp3) is 0.444. The zero-order valence-electron chi connectivity index (χ0n) is 13.5. The van der Waals surface area contributed by atoms with Gasteiger partial charge in [-0.25, -0.2) is 0 Å². The van der Waals surface area contributed by atoms with Gasteiger partial charge in [-0.15, -0.1) is 0 Å². The van der Waals surface area contributed by atoms with Crippen LogP contribution in [0.15, 0.2) is 18.2 Å². The highest BCUT2D eigenvalue weighted by atomic mass is 16.1. The number of carbonyl (C=O) groups excluding carboxylic acids is 2. The van der Waals surface area contributed by atoms with Crippen LogP contribution in [-0.4, -0.2) is 29.3 Å². The molecule has 0 fully saturated rings. The Hall–Kier alpha value is -2.14. The summed E-state index contributed by atoms with van der Waals surface area (Å²) in [4.78, 5) is 24.4. The van der Waals surface area contributed by atoms with Crippen LogP contribution in [-0.2, 0) is 24.2 Å². The smallest absolute Gasteiger partial charge is 0.253 e. The highest BCUT2D eigenvalue weighted by Crippen LogP contribution is 2.33. The Morgan fingerprint density at radius 3 is 2.91 bits per heavy atom.